The monoisotopic (exact) mass is 861 g/mol. The normalized spacial score (nSPS) is 13.6. The number of aromatic nitrogens is 2. The number of sulfonamides is 1. The summed E-state index contributed by atoms with van der Waals surface area (Å²) in [5.41, 5.74) is -0.0599. The summed E-state index contributed by atoms with van der Waals surface area (Å²) < 4.78 is 54.2. The van der Waals surface area contributed by atoms with Gasteiger partial charge in [-0.1, -0.05) is 107 Å². The van der Waals surface area contributed by atoms with E-state index in [1.165, 1.54) is 94.1 Å². The number of ether oxygens (including phenoxy) is 4. The molecule has 2 N–H and O–H groups in total. The lowest BCUT2D eigenvalue weighted by Crippen LogP contribution is -2.49. The van der Waals surface area contributed by atoms with Gasteiger partial charge in [0.1, 0.15) is 10.6 Å². The molecule has 0 bridgehead atoms. The Balaban J connectivity index is 1.50. The maximum Gasteiger partial charge on any atom is 0.337 e. The molecule has 4 aromatic rings. The van der Waals surface area contributed by atoms with Crippen molar-refractivity contribution >= 4 is 39.1 Å². The molecule has 1 aromatic heterocycles. The fraction of sp³-hybridized carbons (Fsp3) is 0.467. The molecule has 0 spiro atoms. The second-order valence-electron chi connectivity index (χ2n) is 14.7. The number of benzene rings is 3. The largest absolute Gasteiger partial charge is 0.495 e. The molecule has 330 valence electrons. The van der Waals surface area contributed by atoms with Crippen LogP contribution in [0.4, 0.5) is 11.4 Å². The topological polar surface area (TPSA) is 180 Å². The van der Waals surface area contributed by atoms with E-state index in [1.54, 1.807) is 43.3 Å². The van der Waals surface area contributed by atoms with Crippen molar-refractivity contribution in [2.45, 2.75) is 102 Å². The van der Waals surface area contributed by atoms with Gasteiger partial charge in [0, 0.05) is 19.8 Å². The highest BCUT2D eigenvalue weighted by Gasteiger charge is 2.44. The van der Waals surface area contributed by atoms with Crippen molar-refractivity contribution < 1.29 is 42.1 Å². The number of hydrogen-bond acceptors (Lipinski definition) is 11. The predicted octanol–water partition coefficient (Wildman–Crippen LogP) is 7.84. The smallest absolute Gasteiger partial charge is 0.337 e. The number of para-hydroxylation sites is 1. The summed E-state index contributed by atoms with van der Waals surface area (Å²) >= 11 is 0. The molecule has 2 heterocycles. The number of fused-ring (bicyclic) bond motifs is 1. The fourth-order valence-electron chi connectivity index (χ4n) is 7.27. The second kappa shape index (κ2) is 22.8. The van der Waals surface area contributed by atoms with Crippen LogP contribution in [0.15, 0.2) is 87.5 Å². The molecule has 1 aliphatic heterocycles. The number of hydrogen-bond donors (Lipinski definition) is 2. The van der Waals surface area contributed by atoms with Gasteiger partial charge < -0.3 is 29.4 Å². The van der Waals surface area contributed by atoms with Gasteiger partial charge in [-0.2, -0.15) is 0 Å². The van der Waals surface area contributed by atoms with Crippen LogP contribution in [0.2, 0.25) is 0 Å². The van der Waals surface area contributed by atoms with Gasteiger partial charge in [-0.05, 0) is 55.7 Å². The quantitative estimate of drug-likeness (QED) is 0.0493. The van der Waals surface area contributed by atoms with E-state index in [0.717, 1.165) is 28.1 Å². The molecule has 1 amide bonds. The number of nitrogens with zero attached hydrogens (tertiary/aromatic N) is 4. The number of anilines is 1. The van der Waals surface area contributed by atoms with Crippen molar-refractivity contribution in [3.05, 3.63) is 94.4 Å². The number of rotatable bonds is 25. The lowest BCUT2D eigenvalue weighted by Gasteiger charge is -2.33. The van der Waals surface area contributed by atoms with Crippen molar-refractivity contribution in [2.75, 3.05) is 45.9 Å². The average Bonchev–Trinajstić information content (AvgIpc) is 3.48. The van der Waals surface area contributed by atoms with Gasteiger partial charge in [-0.3, -0.25) is 13.7 Å². The summed E-state index contributed by atoms with van der Waals surface area (Å²) in [5, 5.41) is 14.6. The lowest BCUT2D eigenvalue weighted by atomic mass is 10.1. The minimum atomic E-state index is -4.39. The van der Waals surface area contributed by atoms with Crippen molar-refractivity contribution in [3.63, 3.8) is 0 Å². The lowest BCUT2D eigenvalue weighted by molar-refractivity contribution is -0.117. The zero-order valence-electron chi connectivity index (χ0n) is 35.6. The van der Waals surface area contributed by atoms with Gasteiger partial charge in [-0.15, -0.1) is 0 Å². The van der Waals surface area contributed by atoms with E-state index in [4.69, 9.17) is 23.9 Å². The molecule has 3 aromatic carbocycles. The zero-order chi connectivity index (χ0) is 43.8. The molecule has 1 aliphatic rings. The Labute approximate surface area is 358 Å². The first-order valence-corrected chi connectivity index (χ1v) is 22.6. The minimum Gasteiger partial charge on any atom is -0.495 e. The molecule has 15 nitrogen and oxygen atoms in total. The third-order valence-corrected chi connectivity index (χ3v) is 12.3. The summed E-state index contributed by atoms with van der Waals surface area (Å²) in [6.45, 7) is 4.46. The van der Waals surface area contributed by atoms with Gasteiger partial charge >= 0.3 is 11.7 Å². The molecule has 0 radical (unpaired) electrons. The van der Waals surface area contributed by atoms with Crippen LogP contribution >= 0.6 is 0 Å². The number of imidazole rings is 1. The van der Waals surface area contributed by atoms with Crippen LogP contribution in [0.1, 0.15) is 106 Å². The SMILES string of the molecule is CCCCCCCCCCCCOCCCN1C(C(C(=O)Nc2cc(C(=O)OC)ccc2OC)n2c(O)c(OCC)n(Cc3ccccc3)c2=O)=Nc2ccccc2S1(=O)=O. The minimum absolute atomic E-state index is 0.00767. The molecule has 5 rings (SSSR count). The first-order valence-electron chi connectivity index (χ1n) is 21.1. The molecule has 1 atom stereocenters. The predicted molar refractivity (Wildman–Crippen MR) is 234 cm³/mol. The molecule has 61 heavy (non-hydrogen) atoms. The zero-order valence-corrected chi connectivity index (χ0v) is 36.5. The molecule has 0 saturated heterocycles. The molecule has 1 unspecified atom stereocenters. The number of carbonyl (C=O) groups excluding carboxylic acids is 2. The van der Waals surface area contributed by atoms with Crippen molar-refractivity contribution in [1.82, 2.24) is 13.4 Å². The van der Waals surface area contributed by atoms with E-state index in [9.17, 15) is 27.9 Å². The molecule has 0 fully saturated rings. The van der Waals surface area contributed by atoms with E-state index in [2.05, 4.69) is 12.2 Å². The van der Waals surface area contributed by atoms with Gasteiger partial charge in [0.05, 0.1) is 44.3 Å². The number of aromatic hydroxyl groups is 1. The number of methoxy groups -OCH3 is 2. The maximum atomic E-state index is 14.9. The number of amides is 1. The van der Waals surface area contributed by atoms with Crippen LogP contribution in [0.5, 0.6) is 17.5 Å². The first-order chi connectivity index (χ1) is 29.6. The third kappa shape index (κ3) is 11.6. The number of unbranched alkanes of at least 4 members (excludes halogenated alkanes) is 9. The van der Waals surface area contributed by atoms with Gasteiger partial charge in [0.25, 0.3) is 27.7 Å². The van der Waals surface area contributed by atoms with Crippen molar-refractivity contribution in [1.29, 1.82) is 0 Å². The van der Waals surface area contributed by atoms with Crippen LogP contribution in [-0.2, 0) is 30.8 Å². The van der Waals surface area contributed by atoms with Crippen molar-refractivity contribution in [2.24, 2.45) is 4.99 Å². The van der Waals surface area contributed by atoms with E-state index in [1.807, 2.05) is 6.07 Å². The number of aliphatic imine (C=N–C) groups is 1. The van der Waals surface area contributed by atoms with Crippen LogP contribution in [0.3, 0.4) is 0 Å². The van der Waals surface area contributed by atoms with E-state index >= 15 is 0 Å². The summed E-state index contributed by atoms with van der Waals surface area (Å²) in [6, 6.07) is 17.4. The van der Waals surface area contributed by atoms with Gasteiger partial charge in [0.15, 0.2) is 11.9 Å². The van der Waals surface area contributed by atoms with Crippen LogP contribution in [0.25, 0.3) is 0 Å². The third-order valence-electron chi connectivity index (χ3n) is 10.4. The molecular formula is C45H59N5O10S. The molecule has 16 heteroatoms. The molecular weight excluding hydrogens is 803 g/mol. The van der Waals surface area contributed by atoms with Gasteiger partial charge in [-0.25, -0.2) is 27.6 Å². The number of nitrogens with one attached hydrogen (secondary N) is 1. The Bertz CT molecular complexity index is 2270. The standard InChI is InChI=1S/C45H59N5O10S/c1-5-7-8-9-10-11-12-13-14-20-29-59-30-21-28-49-40(46-35-24-18-19-25-38(35)61(49,55)56)39(41(51)47-36-31-34(44(53)58-4)26-27-37(36)57-3)50-42(52)43(60-6-2)48(45(50)54)32-33-22-16-15-17-23-33/h15-19,22-27,31,39,52H,5-14,20-21,28-30,32H2,1-4H3,(H,47,51). The van der Waals surface area contributed by atoms with Crippen LogP contribution in [0, 0.1) is 0 Å². The second-order valence-corrected chi connectivity index (χ2v) is 16.6. The van der Waals surface area contributed by atoms with E-state index in [-0.39, 0.29) is 72.0 Å². The molecule has 0 saturated carbocycles. The Hall–Kier alpha value is -5.61. The fourth-order valence-corrected chi connectivity index (χ4v) is 8.90. The summed E-state index contributed by atoms with van der Waals surface area (Å²) in [4.78, 5) is 46.7. The van der Waals surface area contributed by atoms with E-state index < -0.39 is 39.5 Å². The average molecular weight is 862 g/mol. The van der Waals surface area contributed by atoms with Crippen molar-refractivity contribution in [3.8, 4) is 17.5 Å². The Morgan fingerprint density at radius 3 is 2.16 bits per heavy atom. The summed E-state index contributed by atoms with van der Waals surface area (Å²) in [5.74, 6) is -2.83. The first kappa shape index (κ1) is 46.5. The highest BCUT2D eigenvalue weighted by atomic mass is 32.2. The van der Waals surface area contributed by atoms with Crippen LogP contribution in [-0.4, -0.2) is 85.3 Å². The Kier molecular flexibility index (Phi) is 17.4. The van der Waals surface area contributed by atoms with Gasteiger partial charge in [0.2, 0.25) is 0 Å². The van der Waals surface area contributed by atoms with Crippen LogP contribution < -0.4 is 20.5 Å². The maximum absolute atomic E-state index is 14.9. The number of amidine groups is 1. The Morgan fingerprint density at radius 2 is 1.49 bits per heavy atom. The number of carbonyl (C=O) groups is 2. The Morgan fingerprint density at radius 1 is 0.836 bits per heavy atom. The summed E-state index contributed by atoms with van der Waals surface area (Å²) in [6.07, 6.45) is 12.1. The van der Waals surface area contributed by atoms with E-state index in [0.29, 0.717) is 12.2 Å². The number of esters is 1. The highest BCUT2D eigenvalue weighted by molar-refractivity contribution is 7.90. The molecule has 0 aliphatic carbocycles. The highest BCUT2D eigenvalue weighted by Crippen LogP contribution is 2.38. The summed E-state index contributed by atoms with van der Waals surface area (Å²) in [7, 11) is -1.81.